The Kier molecular flexibility index (Phi) is 4.64. The largest absolute Gasteiger partial charge is 0.493 e. The second-order valence-corrected chi connectivity index (χ2v) is 8.23. The van der Waals surface area contributed by atoms with Gasteiger partial charge in [-0.25, -0.2) is 4.68 Å². The zero-order valence-electron chi connectivity index (χ0n) is 16.5. The molecule has 0 spiro atoms. The van der Waals surface area contributed by atoms with E-state index >= 15 is 0 Å². The van der Waals surface area contributed by atoms with Crippen LogP contribution in [0.25, 0.3) is 5.69 Å². The second kappa shape index (κ2) is 7.22. The molecule has 0 unspecified atom stereocenters. The van der Waals surface area contributed by atoms with Gasteiger partial charge in [-0.3, -0.25) is 4.79 Å². The molecule has 5 rings (SSSR count). The third-order valence-corrected chi connectivity index (χ3v) is 6.44. The van der Waals surface area contributed by atoms with Gasteiger partial charge in [0.1, 0.15) is 0 Å². The molecular weight excluding hydrogens is 425 g/mol. The van der Waals surface area contributed by atoms with E-state index in [2.05, 4.69) is 5.10 Å². The maximum atomic E-state index is 13.3. The lowest BCUT2D eigenvalue weighted by molar-refractivity contribution is 0.0629. The van der Waals surface area contributed by atoms with Gasteiger partial charge in [0.15, 0.2) is 11.5 Å². The number of hydrogen-bond donors (Lipinski definition) is 0. The van der Waals surface area contributed by atoms with Gasteiger partial charge >= 0.3 is 0 Å². The van der Waals surface area contributed by atoms with Crippen LogP contribution in [-0.2, 0) is 12.8 Å². The Balaban J connectivity index is 1.63. The number of rotatable bonds is 3. The second-order valence-electron chi connectivity index (χ2n) is 7.39. The average molecular weight is 444 g/mol. The lowest BCUT2D eigenvalue weighted by Gasteiger charge is -2.40. The van der Waals surface area contributed by atoms with Crippen molar-refractivity contribution in [3.8, 4) is 17.2 Å². The summed E-state index contributed by atoms with van der Waals surface area (Å²) in [4.78, 5) is 15.2. The molecule has 2 aliphatic rings. The van der Waals surface area contributed by atoms with Gasteiger partial charge in [-0.2, -0.15) is 5.10 Å². The summed E-state index contributed by atoms with van der Waals surface area (Å²) in [5, 5.41) is 5.56. The molecule has 0 N–H and O–H groups in total. The van der Waals surface area contributed by atoms with Crippen LogP contribution >= 0.6 is 23.2 Å². The normalized spacial score (nSPS) is 17.3. The van der Waals surface area contributed by atoms with E-state index in [0.29, 0.717) is 45.8 Å². The fourth-order valence-corrected chi connectivity index (χ4v) is 4.80. The van der Waals surface area contributed by atoms with Crippen molar-refractivity contribution in [2.75, 3.05) is 20.8 Å². The standard InChI is InChI=1S/C22H19Cl2N3O3/c1-29-20-7-12-5-6-26-17(14(12)9-21(20)30-2)10-18-15(22(26)28)11-25-27(18)19-8-13(23)3-4-16(19)24/h3-4,7-9,11,17H,5-6,10H2,1-2H3/t17-/m0/s1. The predicted octanol–water partition coefficient (Wildman–Crippen LogP) is 4.49. The smallest absolute Gasteiger partial charge is 0.257 e. The lowest BCUT2D eigenvalue weighted by atomic mass is 9.85. The molecule has 8 heteroatoms. The molecule has 3 aromatic rings. The summed E-state index contributed by atoms with van der Waals surface area (Å²) in [5.41, 5.74) is 4.33. The van der Waals surface area contributed by atoms with Crippen LogP contribution in [0.3, 0.4) is 0 Å². The Labute approximate surface area is 183 Å². The highest BCUT2D eigenvalue weighted by molar-refractivity contribution is 6.34. The van der Waals surface area contributed by atoms with E-state index in [-0.39, 0.29) is 11.9 Å². The van der Waals surface area contributed by atoms with Gasteiger partial charge in [-0.15, -0.1) is 0 Å². The van der Waals surface area contributed by atoms with Gasteiger partial charge in [0, 0.05) is 18.0 Å². The summed E-state index contributed by atoms with van der Waals surface area (Å²) >= 11 is 12.6. The SMILES string of the molecule is COc1cc2c(cc1OC)[C@@H]1Cc3c(cnn3-c3cc(Cl)ccc3Cl)C(=O)N1CC2. The Morgan fingerprint density at radius 3 is 2.63 bits per heavy atom. The summed E-state index contributed by atoms with van der Waals surface area (Å²) in [6.45, 7) is 0.647. The molecule has 0 saturated carbocycles. The number of ether oxygens (including phenoxy) is 2. The summed E-state index contributed by atoms with van der Waals surface area (Å²) in [6.07, 6.45) is 3.00. The monoisotopic (exact) mass is 443 g/mol. The Hall–Kier alpha value is -2.70. The minimum atomic E-state index is -0.109. The van der Waals surface area contributed by atoms with Crippen LogP contribution in [0.2, 0.25) is 10.0 Å². The van der Waals surface area contributed by atoms with E-state index in [1.807, 2.05) is 17.0 Å². The molecule has 6 nitrogen and oxygen atoms in total. The molecule has 0 radical (unpaired) electrons. The third-order valence-electron chi connectivity index (χ3n) is 5.89. The van der Waals surface area contributed by atoms with Gasteiger partial charge in [-0.1, -0.05) is 23.2 Å². The number of methoxy groups -OCH3 is 2. The van der Waals surface area contributed by atoms with Crippen LogP contribution in [-0.4, -0.2) is 41.4 Å². The number of carbonyl (C=O) groups excluding carboxylic acids is 1. The number of aromatic nitrogens is 2. The summed E-state index contributed by atoms with van der Waals surface area (Å²) in [6, 6.07) is 9.11. The van der Waals surface area contributed by atoms with Crippen LogP contribution in [0.15, 0.2) is 36.5 Å². The number of nitrogens with zero attached hydrogens (tertiary/aromatic N) is 3. The van der Waals surface area contributed by atoms with Crippen LogP contribution in [0.5, 0.6) is 11.5 Å². The van der Waals surface area contributed by atoms with E-state index in [9.17, 15) is 4.79 Å². The first-order valence-corrected chi connectivity index (χ1v) is 10.4. The topological polar surface area (TPSA) is 56.6 Å². The van der Waals surface area contributed by atoms with Crippen LogP contribution in [0.4, 0.5) is 0 Å². The third kappa shape index (κ3) is 2.86. The molecule has 30 heavy (non-hydrogen) atoms. The zero-order chi connectivity index (χ0) is 21.0. The van der Waals surface area contributed by atoms with Gasteiger partial charge < -0.3 is 14.4 Å². The molecule has 3 heterocycles. The molecule has 0 fully saturated rings. The first-order chi connectivity index (χ1) is 14.5. The summed E-state index contributed by atoms with van der Waals surface area (Å²) < 4.78 is 12.7. The fourth-order valence-electron chi connectivity index (χ4n) is 4.43. The highest BCUT2D eigenvalue weighted by Gasteiger charge is 2.39. The predicted molar refractivity (Wildman–Crippen MR) is 114 cm³/mol. The summed E-state index contributed by atoms with van der Waals surface area (Å²) in [5.74, 6) is 1.33. The number of halogens is 2. The Bertz CT molecular complexity index is 1170. The number of carbonyl (C=O) groups is 1. The zero-order valence-corrected chi connectivity index (χ0v) is 18.0. The van der Waals surface area contributed by atoms with Crippen molar-refractivity contribution in [2.45, 2.75) is 18.9 Å². The fraction of sp³-hybridized carbons (Fsp3) is 0.273. The van der Waals surface area contributed by atoms with Crippen molar-refractivity contribution in [3.63, 3.8) is 0 Å². The molecule has 1 aromatic heterocycles. The van der Waals surface area contributed by atoms with Gasteiger partial charge in [0.2, 0.25) is 0 Å². The molecule has 1 amide bonds. The van der Waals surface area contributed by atoms with Crippen molar-refractivity contribution in [1.82, 2.24) is 14.7 Å². The van der Waals surface area contributed by atoms with Gasteiger partial charge in [0.05, 0.1) is 48.4 Å². The molecule has 0 saturated heterocycles. The van der Waals surface area contributed by atoms with E-state index in [4.69, 9.17) is 32.7 Å². The average Bonchev–Trinajstić information content (AvgIpc) is 3.18. The highest BCUT2D eigenvalue weighted by atomic mass is 35.5. The van der Waals surface area contributed by atoms with Gasteiger partial charge in [0.25, 0.3) is 5.91 Å². The van der Waals surface area contributed by atoms with E-state index < -0.39 is 0 Å². The Morgan fingerprint density at radius 1 is 1.10 bits per heavy atom. The molecule has 2 aliphatic heterocycles. The first-order valence-electron chi connectivity index (χ1n) is 9.60. The lowest BCUT2D eigenvalue weighted by Crippen LogP contribution is -2.44. The number of benzene rings is 2. The van der Waals surface area contributed by atoms with Crippen molar-refractivity contribution in [1.29, 1.82) is 0 Å². The van der Waals surface area contributed by atoms with Crippen LogP contribution < -0.4 is 9.47 Å². The number of fused-ring (bicyclic) bond motifs is 4. The van der Waals surface area contributed by atoms with Crippen LogP contribution in [0, 0.1) is 0 Å². The Morgan fingerprint density at radius 2 is 1.87 bits per heavy atom. The van der Waals surface area contributed by atoms with Crippen molar-refractivity contribution in [3.05, 3.63) is 69.0 Å². The minimum absolute atomic E-state index is 0.0221. The van der Waals surface area contributed by atoms with Crippen molar-refractivity contribution in [2.24, 2.45) is 0 Å². The van der Waals surface area contributed by atoms with Crippen molar-refractivity contribution < 1.29 is 14.3 Å². The number of hydrogen-bond acceptors (Lipinski definition) is 4. The molecule has 154 valence electrons. The maximum Gasteiger partial charge on any atom is 0.257 e. The maximum absolute atomic E-state index is 13.3. The molecule has 1 atom stereocenters. The van der Waals surface area contributed by atoms with E-state index in [0.717, 1.165) is 23.2 Å². The molecular formula is C22H19Cl2N3O3. The van der Waals surface area contributed by atoms with Crippen LogP contribution in [0.1, 0.15) is 33.2 Å². The molecule has 0 bridgehead atoms. The van der Waals surface area contributed by atoms with E-state index in [1.165, 1.54) is 0 Å². The quantitative estimate of drug-likeness (QED) is 0.598. The highest BCUT2D eigenvalue weighted by Crippen LogP contribution is 2.43. The molecule has 2 aromatic carbocycles. The summed E-state index contributed by atoms with van der Waals surface area (Å²) in [7, 11) is 3.24. The first kappa shape index (κ1) is 19.3. The van der Waals surface area contributed by atoms with Gasteiger partial charge in [-0.05, 0) is 47.9 Å². The van der Waals surface area contributed by atoms with E-state index in [1.54, 1.807) is 43.3 Å². The minimum Gasteiger partial charge on any atom is -0.493 e. The van der Waals surface area contributed by atoms with Crippen molar-refractivity contribution >= 4 is 29.1 Å². The molecule has 0 aliphatic carbocycles. The number of amides is 1.